The van der Waals surface area contributed by atoms with E-state index in [1.165, 1.54) is 0 Å². The minimum Gasteiger partial charge on any atom is -0.454 e. The van der Waals surface area contributed by atoms with Crippen LogP contribution in [0.2, 0.25) is 0 Å². The Balaban J connectivity index is 1.92. The van der Waals surface area contributed by atoms with Crippen LogP contribution in [0.15, 0.2) is 18.5 Å². The lowest BCUT2D eigenvalue weighted by Gasteiger charge is -2.25. The number of H-pyrrole nitrogens is 1. The summed E-state index contributed by atoms with van der Waals surface area (Å²) < 4.78 is 9.91. The maximum atomic E-state index is 11.2. The van der Waals surface area contributed by atoms with E-state index in [4.69, 9.17) is 9.47 Å². The maximum absolute atomic E-state index is 11.2. The monoisotopic (exact) mass is 167 g/mol. The molecule has 0 radical (unpaired) electrons. The number of aromatic nitrogens is 1. The number of esters is 1. The van der Waals surface area contributed by atoms with Crippen molar-refractivity contribution in [3.63, 3.8) is 0 Å². The van der Waals surface area contributed by atoms with Gasteiger partial charge in [0.25, 0.3) is 0 Å². The highest BCUT2D eigenvalue weighted by Gasteiger charge is 2.23. The lowest BCUT2D eigenvalue weighted by Crippen LogP contribution is -2.37. The Kier molecular flexibility index (Phi) is 1.83. The van der Waals surface area contributed by atoms with Crippen LogP contribution < -0.4 is 0 Å². The summed E-state index contributed by atoms with van der Waals surface area (Å²) in [5, 5.41) is 0. The number of carbonyl (C=O) groups is 1. The first kappa shape index (κ1) is 7.36. The van der Waals surface area contributed by atoms with Gasteiger partial charge >= 0.3 is 5.97 Å². The van der Waals surface area contributed by atoms with E-state index in [2.05, 4.69) is 4.98 Å². The molecule has 0 amide bonds. The predicted molar refractivity (Wildman–Crippen MR) is 40.8 cm³/mol. The van der Waals surface area contributed by atoms with Crippen LogP contribution in [0.3, 0.4) is 0 Å². The van der Waals surface area contributed by atoms with Crippen LogP contribution in [0.4, 0.5) is 0 Å². The normalized spacial score (nSPS) is 17.0. The largest absolute Gasteiger partial charge is 0.454 e. The summed E-state index contributed by atoms with van der Waals surface area (Å²) in [6, 6.07) is 1.68. The molecule has 0 aliphatic carbocycles. The van der Waals surface area contributed by atoms with E-state index in [0.29, 0.717) is 18.8 Å². The summed E-state index contributed by atoms with van der Waals surface area (Å²) in [6.45, 7) is 1.05. The highest BCUT2D eigenvalue weighted by molar-refractivity contribution is 5.89. The first-order valence-electron chi connectivity index (χ1n) is 3.78. The van der Waals surface area contributed by atoms with E-state index in [9.17, 15) is 4.79 Å². The molecule has 12 heavy (non-hydrogen) atoms. The molecule has 1 aromatic heterocycles. The molecule has 4 heteroatoms. The van der Waals surface area contributed by atoms with Crippen LogP contribution in [-0.4, -0.2) is 30.3 Å². The lowest BCUT2D eigenvalue weighted by atomic mass is 10.3. The minimum atomic E-state index is -0.287. The van der Waals surface area contributed by atoms with Crippen LogP contribution in [0.5, 0.6) is 0 Å². The Morgan fingerprint density at radius 1 is 1.67 bits per heavy atom. The molecule has 1 N–H and O–H groups in total. The SMILES string of the molecule is O=C(OC1COC1)c1cc[nH]c1. The number of nitrogens with one attached hydrogen (secondary N) is 1. The van der Waals surface area contributed by atoms with Gasteiger partial charge in [0.1, 0.15) is 6.10 Å². The molecule has 1 saturated heterocycles. The third-order valence-electron chi connectivity index (χ3n) is 1.71. The lowest BCUT2D eigenvalue weighted by molar-refractivity contribution is -0.103. The van der Waals surface area contributed by atoms with Crippen molar-refractivity contribution >= 4 is 5.97 Å². The first-order valence-corrected chi connectivity index (χ1v) is 3.78. The van der Waals surface area contributed by atoms with E-state index < -0.39 is 0 Å². The maximum Gasteiger partial charge on any atom is 0.340 e. The van der Waals surface area contributed by atoms with Gasteiger partial charge in [-0.2, -0.15) is 0 Å². The fourth-order valence-corrected chi connectivity index (χ4v) is 0.952. The van der Waals surface area contributed by atoms with E-state index >= 15 is 0 Å². The van der Waals surface area contributed by atoms with Gasteiger partial charge in [-0.15, -0.1) is 0 Å². The molecule has 0 aromatic carbocycles. The van der Waals surface area contributed by atoms with Crippen molar-refractivity contribution in [3.8, 4) is 0 Å². The predicted octanol–water partition coefficient (Wildman–Crippen LogP) is 0.570. The van der Waals surface area contributed by atoms with E-state index in [0.717, 1.165) is 0 Å². The molecule has 64 valence electrons. The molecule has 2 heterocycles. The van der Waals surface area contributed by atoms with Crippen LogP contribution in [0.1, 0.15) is 10.4 Å². The van der Waals surface area contributed by atoms with Crippen molar-refractivity contribution < 1.29 is 14.3 Å². The molecule has 2 rings (SSSR count). The van der Waals surface area contributed by atoms with E-state index in [1.807, 2.05) is 0 Å². The van der Waals surface area contributed by atoms with Crippen LogP contribution in [0.25, 0.3) is 0 Å². The van der Waals surface area contributed by atoms with Crippen molar-refractivity contribution in [1.82, 2.24) is 4.98 Å². The van der Waals surface area contributed by atoms with Gasteiger partial charge in [-0.3, -0.25) is 0 Å². The second kappa shape index (κ2) is 2.98. The Bertz CT molecular complexity index is 264. The molecular formula is C8H9NO3. The zero-order valence-corrected chi connectivity index (χ0v) is 6.45. The minimum absolute atomic E-state index is 0.0487. The third kappa shape index (κ3) is 1.33. The van der Waals surface area contributed by atoms with Crippen molar-refractivity contribution in [3.05, 3.63) is 24.0 Å². The van der Waals surface area contributed by atoms with Gasteiger partial charge in [0.05, 0.1) is 18.8 Å². The fourth-order valence-electron chi connectivity index (χ4n) is 0.952. The number of ether oxygens (including phenoxy) is 2. The molecule has 0 atom stereocenters. The van der Waals surface area contributed by atoms with Gasteiger partial charge in [0.2, 0.25) is 0 Å². The van der Waals surface area contributed by atoms with Gasteiger partial charge in [0, 0.05) is 12.4 Å². The number of carbonyl (C=O) groups excluding carboxylic acids is 1. The van der Waals surface area contributed by atoms with Crippen molar-refractivity contribution in [2.24, 2.45) is 0 Å². The Morgan fingerprint density at radius 3 is 3.00 bits per heavy atom. The average Bonchev–Trinajstić information content (AvgIpc) is 2.47. The second-order valence-corrected chi connectivity index (χ2v) is 2.66. The van der Waals surface area contributed by atoms with Gasteiger partial charge in [-0.05, 0) is 6.07 Å². The summed E-state index contributed by atoms with van der Waals surface area (Å²) in [5.74, 6) is -0.287. The number of rotatable bonds is 2. The zero-order valence-electron chi connectivity index (χ0n) is 6.45. The quantitative estimate of drug-likeness (QED) is 0.655. The Hall–Kier alpha value is -1.29. The Labute approximate surface area is 69.5 Å². The summed E-state index contributed by atoms with van der Waals surface area (Å²) >= 11 is 0. The van der Waals surface area contributed by atoms with E-state index in [-0.39, 0.29) is 12.1 Å². The molecule has 1 aliphatic rings. The first-order chi connectivity index (χ1) is 5.86. The standard InChI is InChI=1S/C8H9NO3/c10-8(6-1-2-9-3-6)12-7-4-11-5-7/h1-3,7,9H,4-5H2. The number of aromatic amines is 1. The molecule has 1 fully saturated rings. The average molecular weight is 167 g/mol. The van der Waals surface area contributed by atoms with Crippen LogP contribution in [0, 0.1) is 0 Å². The number of hydrogen-bond donors (Lipinski definition) is 1. The highest BCUT2D eigenvalue weighted by Crippen LogP contribution is 2.09. The van der Waals surface area contributed by atoms with E-state index in [1.54, 1.807) is 18.5 Å². The molecule has 0 bridgehead atoms. The molecular weight excluding hydrogens is 158 g/mol. The number of hydrogen-bond acceptors (Lipinski definition) is 3. The topological polar surface area (TPSA) is 51.3 Å². The molecule has 0 spiro atoms. The molecule has 1 aliphatic heterocycles. The van der Waals surface area contributed by atoms with Crippen molar-refractivity contribution in [2.45, 2.75) is 6.10 Å². The Morgan fingerprint density at radius 2 is 2.50 bits per heavy atom. The van der Waals surface area contributed by atoms with Gasteiger partial charge in [-0.25, -0.2) is 4.79 Å². The zero-order chi connectivity index (χ0) is 8.39. The second-order valence-electron chi connectivity index (χ2n) is 2.66. The van der Waals surface area contributed by atoms with Crippen LogP contribution >= 0.6 is 0 Å². The van der Waals surface area contributed by atoms with Gasteiger partial charge < -0.3 is 14.5 Å². The third-order valence-corrected chi connectivity index (χ3v) is 1.71. The highest BCUT2D eigenvalue weighted by atomic mass is 16.6. The molecule has 0 saturated carbocycles. The van der Waals surface area contributed by atoms with Gasteiger partial charge in [-0.1, -0.05) is 0 Å². The fraction of sp³-hybridized carbons (Fsp3) is 0.375. The van der Waals surface area contributed by atoms with Gasteiger partial charge in [0.15, 0.2) is 0 Å². The van der Waals surface area contributed by atoms with Crippen molar-refractivity contribution in [2.75, 3.05) is 13.2 Å². The molecule has 4 nitrogen and oxygen atoms in total. The molecule has 0 unspecified atom stereocenters. The van der Waals surface area contributed by atoms with Crippen molar-refractivity contribution in [1.29, 1.82) is 0 Å². The summed E-state index contributed by atoms with van der Waals surface area (Å²) in [5.41, 5.74) is 0.557. The summed E-state index contributed by atoms with van der Waals surface area (Å²) in [4.78, 5) is 14.0. The molecule has 1 aromatic rings. The summed E-state index contributed by atoms with van der Waals surface area (Å²) in [7, 11) is 0. The van der Waals surface area contributed by atoms with Crippen LogP contribution in [-0.2, 0) is 9.47 Å². The summed E-state index contributed by atoms with van der Waals surface area (Å²) in [6.07, 6.45) is 3.25. The smallest absolute Gasteiger partial charge is 0.340 e.